The Morgan fingerprint density at radius 2 is 1.91 bits per heavy atom. The van der Waals surface area contributed by atoms with E-state index in [2.05, 4.69) is 15.7 Å². The van der Waals surface area contributed by atoms with Crippen LogP contribution in [0.1, 0.15) is 29.7 Å². The molecule has 4 rings (SSSR count). The summed E-state index contributed by atoms with van der Waals surface area (Å²) in [6.07, 6.45) is 1.56. The lowest BCUT2D eigenvalue weighted by atomic mass is 10.1. The first-order chi connectivity index (χ1) is 15.5. The fourth-order valence-corrected chi connectivity index (χ4v) is 3.57. The van der Waals surface area contributed by atoms with Crippen LogP contribution < -0.4 is 15.4 Å². The molecular formula is C23H22N4O5. The van der Waals surface area contributed by atoms with Crippen LogP contribution in [-0.4, -0.2) is 41.3 Å². The molecule has 0 unspecified atom stereocenters. The second-order valence-corrected chi connectivity index (χ2v) is 7.11. The van der Waals surface area contributed by atoms with E-state index in [4.69, 9.17) is 9.47 Å². The number of nitrogens with zero attached hydrogens (tertiary/aromatic N) is 2. The Morgan fingerprint density at radius 3 is 2.62 bits per heavy atom. The average Bonchev–Trinajstić information content (AvgIpc) is 3.22. The minimum absolute atomic E-state index is 0.0488. The van der Waals surface area contributed by atoms with Crippen molar-refractivity contribution in [3.05, 3.63) is 60.3 Å². The van der Waals surface area contributed by atoms with Crippen LogP contribution in [0.3, 0.4) is 0 Å². The summed E-state index contributed by atoms with van der Waals surface area (Å²) < 4.78 is 11.9. The number of hydrogen-bond acceptors (Lipinski definition) is 6. The zero-order valence-corrected chi connectivity index (χ0v) is 17.6. The number of benzene rings is 2. The zero-order chi connectivity index (χ0) is 22.7. The van der Waals surface area contributed by atoms with Gasteiger partial charge >= 0.3 is 5.97 Å². The van der Waals surface area contributed by atoms with Gasteiger partial charge in [0.2, 0.25) is 11.8 Å². The van der Waals surface area contributed by atoms with E-state index in [1.165, 1.54) is 4.68 Å². The van der Waals surface area contributed by atoms with E-state index in [9.17, 15) is 14.4 Å². The van der Waals surface area contributed by atoms with Crippen LogP contribution >= 0.6 is 0 Å². The van der Waals surface area contributed by atoms with Gasteiger partial charge in [0.25, 0.3) is 0 Å². The fraction of sp³-hybridized carbons (Fsp3) is 0.217. The Morgan fingerprint density at radius 1 is 1.16 bits per heavy atom. The third-order valence-corrected chi connectivity index (χ3v) is 5.09. The standard InChI is InChI=1S/C23H22N4O5/c1-3-32-23(30)14-8-10-15(11-9-14)25-22(29)18-12-20(28)26-21-17(13-24-27(18)21)16-6-4-5-7-19(16)31-2/h4-11,13,18H,3,12H2,1-2H3,(H,25,29)(H,26,28)/t18-/m0/s1. The van der Waals surface area contributed by atoms with Crippen LogP contribution in [0.2, 0.25) is 0 Å². The highest BCUT2D eigenvalue weighted by Gasteiger charge is 2.33. The second kappa shape index (κ2) is 8.93. The minimum atomic E-state index is -0.827. The molecule has 9 heteroatoms. The first kappa shape index (κ1) is 21.1. The number of carbonyl (C=O) groups excluding carboxylic acids is 3. The van der Waals surface area contributed by atoms with Gasteiger partial charge in [-0.2, -0.15) is 5.10 Å². The average molecular weight is 434 g/mol. The highest BCUT2D eigenvalue weighted by molar-refractivity contribution is 6.03. The Labute approximate surface area is 184 Å². The number of methoxy groups -OCH3 is 1. The first-order valence-electron chi connectivity index (χ1n) is 10.1. The normalized spacial score (nSPS) is 14.8. The minimum Gasteiger partial charge on any atom is -0.496 e. The lowest BCUT2D eigenvalue weighted by Gasteiger charge is -2.24. The number of esters is 1. The molecule has 0 spiro atoms. The Bertz CT molecular complexity index is 1170. The number of hydrogen-bond donors (Lipinski definition) is 2. The monoisotopic (exact) mass is 434 g/mol. The highest BCUT2D eigenvalue weighted by atomic mass is 16.5. The van der Waals surface area contributed by atoms with Crippen molar-refractivity contribution in [3.63, 3.8) is 0 Å². The quantitative estimate of drug-likeness (QED) is 0.576. The SMILES string of the molecule is CCOC(=O)c1ccc(NC(=O)[C@@H]2CC(=O)Nc3c(-c4ccccc4OC)cnn32)cc1. The smallest absolute Gasteiger partial charge is 0.338 e. The van der Waals surface area contributed by atoms with Gasteiger partial charge in [0.15, 0.2) is 0 Å². The van der Waals surface area contributed by atoms with Crippen molar-refractivity contribution in [1.82, 2.24) is 9.78 Å². The molecule has 0 fully saturated rings. The second-order valence-electron chi connectivity index (χ2n) is 7.11. The van der Waals surface area contributed by atoms with Crippen molar-refractivity contribution < 1.29 is 23.9 Å². The lowest BCUT2D eigenvalue weighted by molar-refractivity contribution is -0.125. The molecule has 3 aromatic rings. The fourth-order valence-electron chi connectivity index (χ4n) is 3.57. The Balaban J connectivity index is 1.58. The molecule has 164 valence electrons. The Hall–Kier alpha value is -4.14. The summed E-state index contributed by atoms with van der Waals surface area (Å²) in [6.45, 7) is 2.01. The Kier molecular flexibility index (Phi) is 5.89. The van der Waals surface area contributed by atoms with Crippen LogP contribution in [0.5, 0.6) is 5.75 Å². The van der Waals surface area contributed by atoms with Crippen molar-refractivity contribution in [2.45, 2.75) is 19.4 Å². The van der Waals surface area contributed by atoms with Gasteiger partial charge in [-0.3, -0.25) is 9.59 Å². The van der Waals surface area contributed by atoms with Crippen LogP contribution in [0.15, 0.2) is 54.7 Å². The molecule has 2 amide bonds. The van der Waals surface area contributed by atoms with E-state index < -0.39 is 12.0 Å². The number of fused-ring (bicyclic) bond motifs is 1. The highest BCUT2D eigenvalue weighted by Crippen LogP contribution is 2.38. The number of amides is 2. The van der Waals surface area contributed by atoms with E-state index in [1.807, 2.05) is 24.3 Å². The van der Waals surface area contributed by atoms with E-state index >= 15 is 0 Å². The molecule has 0 aliphatic carbocycles. The molecule has 2 N–H and O–H groups in total. The summed E-state index contributed by atoms with van der Waals surface area (Å²) >= 11 is 0. The molecule has 9 nitrogen and oxygen atoms in total. The summed E-state index contributed by atoms with van der Waals surface area (Å²) in [6, 6.07) is 12.9. The van der Waals surface area contributed by atoms with Gasteiger partial charge < -0.3 is 20.1 Å². The van der Waals surface area contributed by atoms with Crippen molar-refractivity contribution >= 4 is 29.3 Å². The topological polar surface area (TPSA) is 112 Å². The number of aromatic nitrogens is 2. The zero-order valence-electron chi connectivity index (χ0n) is 17.6. The number of ether oxygens (including phenoxy) is 2. The van der Waals surface area contributed by atoms with Crippen LogP contribution in [0.4, 0.5) is 11.5 Å². The number of nitrogens with one attached hydrogen (secondary N) is 2. The maximum absolute atomic E-state index is 13.0. The third kappa shape index (κ3) is 4.04. The summed E-state index contributed by atoms with van der Waals surface area (Å²) in [5, 5.41) is 9.97. The third-order valence-electron chi connectivity index (χ3n) is 5.09. The van der Waals surface area contributed by atoms with E-state index in [0.29, 0.717) is 28.4 Å². The van der Waals surface area contributed by atoms with Crippen molar-refractivity contribution in [2.24, 2.45) is 0 Å². The molecular weight excluding hydrogens is 412 g/mol. The van der Waals surface area contributed by atoms with Crippen molar-refractivity contribution in [2.75, 3.05) is 24.4 Å². The number of carbonyl (C=O) groups is 3. The number of rotatable bonds is 6. The molecule has 1 atom stereocenters. The predicted molar refractivity (Wildman–Crippen MR) is 118 cm³/mol. The molecule has 32 heavy (non-hydrogen) atoms. The van der Waals surface area contributed by atoms with Crippen molar-refractivity contribution in [3.8, 4) is 16.9 Å². The molecule has 2 aromatic carbocycles. The maximum Gasteiger partial charge on any atom is 0.338 e. The largest absolute Gasteiger partial charge is 0.496 e. The van der Waals surface area contributed by atoms with Gasteiger partial charge in [0, 0.05) is 16.8 Å². The van der Waals surface area contributed by atoms with Crippen LogP contribution in [0.25, 0.3) is 11.1 Å². The van der Waals surface area contributed by atoms with E-state index in [0.717, 1.165) is 5.56 Å². The van der Waals surface area contributed by atoms with Gasteiger partial charge in [-0.05, 0) is 37.3 Å². The van der Waals surface area contributed by atoms with Gasteiger partial charge in [-0.25, -0.2) is 9.48 Å². The van der Waals surface area contributed by atoms with Gasteiger partial charge in [0.1, 0.15) is 17.6 Å². The molecule has 1 aliphatic rings. The van der Waals surface area contributed by atoms with E-state index in [-0.39, 0.29) is 24.8 Å². The molecule has 1 aromatic heterocycles. The molecule has 0 bridgehead atoms. The van der Waals surface area contributed by atoms with Gasteiger partial charge in [-0.15, -0.1) is 0 Å². The van der Waals surface area contributed by atoms with Crippen molar-refractivity contribution in [1.29, 1.82) is 0 Å². The van der Waals surface area contributed by atoms with Gasteiger partial charge in [0.05, 0.1) is 31.9 Å². The molecule has 0 saturated carbocycles. The molecule has 0 saturated heterocycles. The summed E-state index contributed by atoms with van der Waals surface area (Å²) in [4.78, 5) is 37.2. The predicted octanol–water partition coefficient (Wildman–Crippen LogP) is 3.26. The molecule has 1 aliphatic heterocycles. The number of para-hydroxylation sites is 1. The van der Waals surface area contributed by atoms with E-state index in [1.54, 1.807) is 44.5 Å². The summed E-state index contributed by atoms with van der Waals surface area (Å²) in [7, 11) is 1.57. The van der Waals surface area contributed by atoms with Gasteiger partial charge in [-0.1, -0.05) is 18.2 Å². The summed E-state index contributed by atoms with van der Waals surface area (Å²) in [5.74, 6) is -0.0413. The van der Waals surface area contributed by atoms with Crippen LogP contribution in [0, 0.1) is 0 Å². The first-order valence-corrected chi connectivity index (χ1v) is 10.1. The van der Waals surface area contributed by atoms with Crippen LogP contribution in [-0.2, 0) is 14.3 Å². The molecule has 2 heterocycles. The lowest BCUT2D eigenvalue weighted by Crippen LogP contribution is -2.35. The maximum atomic E-state index is 13.0. The number of anilines is 2. The summed E-state index contributed by atoms with van der Waals surface area (Å²) in [5.41, 5.74) is 2.30. The molecule has 0 radical (unpaired) electrons.